The van der Waals surface area contributed by atoms with Crippen LogP contribution in [0.5, 0.6) is 0 Å². The van der Waals surface area contributed by atoms with Crippen LogP contribution in [0.25, 0.3) is 6.08 Å². The number of carbonyl (C=O) groups is 1. The van der Waals surface area contributed by atoms with E-state index < -0.39 is 0 Å². The van der Waals surface area contributed by atoms with Crippen LogP contribution in [-0.4, -0.2) is 23.2 Å². The Balaban J connectivity index is 1.95. The van der Waals surface area contributed by atoms with Crippen LogP contribution in [0.3, 0.4) is 0 Å². The van der Waals surface area contributed by atoms with Gasteiger partial charge >= 0.3 is 0 Å². The highest BCUT2D eigenvalue weighted by Gasteiger charge is 2.32. The first kappa shape index (κ1) is 9.33. The molecule has 1 aromatic carbocycles. The Hall–Kier alpha value is -1.90. The fourth-order valence-electron chi connectivity index (χ4n) is 2.12. The highest BCUT2D eigenvalue weighted by molar-refractivity contribution is 6.15. The van der Waals surface area contributed by atoms with Gasteiger partial charge in [-0.25, -0.2) is 4.99 Å². The maximum absolute atomic E-state index is 11.9. The van der Waals surface area contributed by atoms with Crippen LogP contribution in [0.15, 0.2) is 41.0 Å². The zero-order valence-corrected chi connectivity index (χ0v) is 8.89. The maximum atomic E-state index is 11.9. The van der Waals surface area contributed by atoms with Crippen molar-refractivity contribution in [2.45, 2.75) is 12.8 Å². The third-order valence-electron chi connectivity index (χ3n) is 2.91. The van der Waals surface area contributed by atoms with E-state index in [1.807, 2.05) is 36.4 Å². The highest BCUT2D eigenvalue weighted by atomic mass is 16.2. The number of fused-ring (bicyclic) bond motifs is 1. The SMILES string of the molecule is O=C1C(=Cc2ccccc2)N=C2CCCN12. The number of hydrogen-bond acceptors (Lipinski definition) is 2. The highest BCUT2D eigenvalue weighted by Crippen LogP contribution is 2.24. The number of nitrogens with zero attached hydrogens (tertiary/aromatic N) is 2. The van der Waals surface area contributed by atoms with E-state index in [4.69, 9.17) is 0 Å². The van der Waals surface area contributed by atoms with E-state index in [0.717, 1.165) is 30.8 Å². The van der Waals surface area contributed by atoms with Crippen molar-refractivity contribution in [3.8, 4) is 0 Å². The Labute approximate surface area is 94.1 Å². The zero-order chi connectivity index (χ0) is 11.0. The monoisotopic (exact) mass is 212 g/mol. The molecule has 2 aliphatic rings. The smallest absolute Gasteiger partial charge is 0.277 e. The molecule has 1 saturated heterocycles. The van der Waals surface area contributed by atoms with Crippen LogP contribution < -0.4 is 0 Å². The molecule has 3 nitrogen and oxygen atoms in total. The van der Waals surface area contributed by atoms with Crippen LogP contribution >= 0.6 is 0 Å². The van der Waals surface area contributed by atoms with Crippen LogP contribution in [0.1, 0.15) is 18.4 Å². The van der Waals surface area contributed by atoms with Gasteiger partial charge in [0.25, 0.3) is 5.91 Å². The first-order chi connectivity index (χ1) is 7.84. The molecule has 1 fully saturated rings. The van der Waals surface area contributed by atoms with Gasteiger partial charge in [-0.05, 0) is 18.1 Å². The van der Waals surface area contributed by atoms with Gasteiger partial charge in [-0.15, -0.1) is 0 Å². The minimum atomic E-state index is 0.0522. The van der Waals surface area contributed by atoms with Crippen molar-refractivity contribution in [2.24, 2.45) is 4.99 Å². The topological polar surface area (TPSA) is 32.7 Å². The Morgan fingerprint density at radius 3 is 2.81 bits per heavy atom. The second kappa shape index (κ2) is 3.59. The summed E-state index contributed by atoms with van der Waals surface area (Å²) in [5.74, 6) is 0.989. The van der Waals surface area contributed by atoms with Gasteiger partial charge in [0.15, 0.2) is 0 Å². The Kier molecular flexibility index (Phi) is 2.10. The number of carbonyl (C=O) groups excluding carboxylic acids is 1. The van der Waals surface area contributed by atoms with Crippen molar-refractivity contribution in [1.82, 2.24) is 4.90 Å². The lowest BCUT2D eigenvalue weighted by molar-refractivity contribution is -0.122. The quantitative estimate of drug-likeness (QED) is 0.656. The summed E-state index contributed by atoms with van der Waals surface area (Å²) in [5, 5.41) is 0. The molecule has 1 aromatic rings. The molecule has 0 N–H and O–H groups in total. The van der Waals surface area contributed by atoms with Crippen LogP contribution in [0.4, 0.5) is 0 Å². The van der Waals surface area contributed by atoms with Crippen molar-refractivity contribution in [2.75, 3.05) is 6.54 Å². The standard InChI is InChI=1S/C13H12N2O/c16-13-11(9-10-5-2-1-3-6-10)14-12-7-4-8-15(12)13/h1-3,5-6,9H,4,7-8H2. The second-order valence-corrected chi connectivity index (χ2v) is 4.03. The number of hydrogen-bond donors (Lipinski definition) is 0. The Bertz CT molecular complexity index is 488. The zero-order valence-electron chi connectivity index (χ0n) is 8.89. The molecule has 0 bridgehead atoms. The van der Waals surface area contributed by atoms with Gasteiger partial charge in [0.2, 0.25) is 0 Å². The largest absolute Gasteiger partial charge is 0.295 e. The summed E-state index contributed by atoms with van der Waals surface area (Å²) in [7, 11) is 0. The first-order valence-corrected chi connectivity index (χ1v) is 5.51. The molecule has 0 atom stereocenters. The summed E-state index contributed by atoms with van der Waals surface area (Å²) in [6.45, 7) is 0.823. The molecular formula is C13H12N2O. The van der Waals surface area contributed by atoms with E-state index in [1.54, 1.807) is 4.90 Å². The van der Waals surface area contributed by atoms with E-state index in [1.165, 1.54) is 0 Å². The number of amidine groups is 1. The second-order valence-electron chi connectivity index (χ2n) is 4.03. The molecule has 80 valence electrons. The average Bonchev–Trinajstić information content (AvgIpc) is 2.86. The van der Waals surface area contributed by atoms with Gasteiger partial charge in [0, 0.05) is 13.0 Å². The lowest BCUT2D eigenvalue weighted by atomic mass is 10.2. The molecule has 3 heteroatoms. The van der Waals surface area contributed by atoms with Gasteiger partial charge < -0.3 is 0 Å². The normalized spacial score (nSPS) is 21.5. The molecule has 2 aliphatic heterocycles. The van der Waals surface area contributed by atoms with Gasteiger partial charge in [-0.1, -0.05) is 30.3 Å². The summed E-state index contributed by atoms with van der Waals surface area (Å²) in [6, 6.07) is 9.83. The molecule has 3 rings (SSSR count). The summed E-state index contributed by atoms with van der Waals surface area (Å²) >= 11 is 0. The fourth-order valence-corrected chi connectivity index (χ4v) is 2.12. The van der Waals surface area contributed by atoms with Crippen molar-refractivity contribution >= 4 is 17.8 Å². The van der Waals surface area contributed by atoms with Crippen molar-refractivity contribution in [3.63, 3.8) is 0 Å². The van der Waals surface area contributed by atoms with Crippen LogP contribution in [-0.2, 0) is 4.79 Å². The molecule has 0 aromatic heterocycles. The van der Waals surface area contributed by atoms with Gasteiger partial charge in [-0.2, -0.15) is 0 Å². The van der Waals surface area contributed by atoms with Gasteiger partial charge in [0.1, 0.15) is 11.5 Å². The Morgan fingerprint density at radius 1 is 1.25 bits per heavy atom. The average molecular weight is 212 g/mol. The molecule has 0 radical (unpaired) electrons. The number of benzene rings is 1. The van der Waals surface area contributed by atoms with Crippen molar-refractivity contribution in [3.05, 3.63) is 41.6 Å². The predicted octanol–water partition coefficient (Wildman–Crippen LogP) is 2.06. The van der Waals surface area contributed by atoms with Crippen molar-refractivity contribution < 1.29 is 4.79 Å². The summed E-state index contributed by atoms with van der Waals surface area (Å²) in [4.78, 5) is 18.1. The summed E-state index contributed by atoms with van der Waals surface area (Å²) < 4.78 is 0. The fraction of sp³-hybridized carbons (Fsp3) is 0.231. The van der Waals surface area contributed by atoms with E-state index in [9.17, 15) is 4.79 Å². The van der Waals surface area contributed by atoms with E-state index in [-0.39, 0.29) is 5.91 Å². The van der Waals surface area contributed by atoms with E-state index in [0.29, 0.717) is 5.70 Å². The van der Waals surface area contributed by atoms with Crippen molar-refractivity contribution in [1.29, 1.82) is 0 Å². The number of amides is 1. The molecular weight excluding hydrogens is 200 g/mol. The number of aliphatic imine (C=N–C) groups is 1. The molecule has 0 unspecified atom stereocenters. The van der Waals surface area contributed by atoms with E-state index in [2.05, 4.69) is 4.99 Å². The molecule has 16 heavy (non-hydrogen) atoms. The minimum absolute atomic E-state index is 0.0522. The lowest BCUT2D eigenvalue weighted by Crippen LogP contribution is -2.26. The number of rotatable bonds is 1. The first-order valence-electron chi connectivity index (χ1n) is 5.51. The van der Waals surface area contributed by atoms with Crippen LogP contribution in [0.2, 0.25) is 0 Å². The predicted molar refractivity (Wildman–Crippen MR) is 62.8 cm³/mol. The molecule has 0 spiro atoms. The van der Waals surface area contributed by atoms with Gasteiger partial charge in [0.05, 0.1) is 0 Å². The molecule has 0 aliphatic carbocycles. The van der Waals surface area contributed by atoms with Crippen LogP contribution in [0, 0.1) is 0 Å². The van der Waals surface area contributed by atoms with Gasteiger partial charge in [-0.3, -0.25) is 9.69 Å². The van der Waals surface area contributed by atoms with E-state index >= 15 is 0 Å². The minimum Gasteiger partial charge on any atom is -0.295 e. The Morgan fingerprint density at radius 2 is 2.06 bits per heavy atom. The molecule has 2 heterocycles. The maximum Gasteiger partial charge on any atom is 0.277 e. The molecule has 0 saturated carbocycles. The third kappa shape index (κ3) is 1.45. The lowest BCUT2D eigenvalue weighted by Gasteiger charge is -2.07. The summed E-state index contributed by atoms with van der Waals surface area (Å²) in [5.41, 5.74) is 1.59. The third-order valence-corrected chi connectivity index (χ3v) is 2.91. The summed E-state index contributed by atoms with van der Waals surface area (Å²) in [6.07, 6.45) is 3.83. The molecule has 1 amide bonds.